The van der Waals surface area contributed by atoms with Gasteiger partial charge in [0.05, 0.1) is 0 Å². The van der Waals surface area contributed by atoms with Crippen molar-refractivity contribution in [3.05, 3.63) is 0 Å². The molecular formula is C15H32N2. The Balaban J connectivity index is 2.53. The Morgan fingerprint density at radius 3 is 2.47 bits per heavy atom. The minimum absolute atomic E-state index is 0.407. The van der Waals surface area contributed by atoms with E-state index in [4.69, 9.17) is 0 Å². The van der Waals surface area contributed by atoms with Crippen molar-refractivity contribution in [3.8, 4) is 0 Å². The highest BCUT2D eigenvalue weighted by atomic mass is 15.1. The van der Waals surface area contributed by atoms with Crippen molar-refractivity contribution in [1.82, 2.24) is 10.2 Å². The van der Waals surface area contributed by atoms with Gasteiger partial charge in [-0.2, -0.15) is 0 Å². The Labute approximate surface area is 108 Å². The fourth-order valence-corrected chi connectivity index (χ4v) is 3.43. The Hall–Kier alpha value is -0.0800. The second-order valence-corrected chi connectivity index (χ2v) is 7.26. The molecule has 102 valence electrons. The van der Waals surface area contributed by atoms with E-state index in [9.17, 15) is 0 Å². The Kier molecular flexibility index (Phi) is 5.46. The molecule has 0 radical (unpaired) electrons. The largest absolute Gasteiger partial charge is 0.316 e. The normalized spacial score (nSPS) is 26.5. The number of hydrogen-bond acceptors (Lipinski definition) is 2. The van der Waals surface area contributed by atoms with Crippen molar-refractivity contribution in [3.63, 3.8) is 0 Å². The molecule has 1 unspecified atom stereocenters. The maximum Gasteiger partial charge on any atom is 0.00473 e. The summed E-state index contributed by atoms with van der Waals surface area (Å²) >= 11 is 0. The van der Waals surface area contributed by atoms with Crippen LogP contribution in [0.2, 0.25) is 0 Å². The van der Waals surface area contributed by atoms with Crippen LogP contribution in [0.15, 0.2) is 0 Å². The van der Waals surface area contributed by atoms with Gasteiger partial charge in [0.25, 0.3) is 0 Å². The minimum Gasteiger partial charge on any atom is -0.316 e. The smallest absolute Gasteiger partial charge is 0.00473 e. The van der Waals surface area contributed by atoms with E-state index in [1.165, 1.54) is 51.9 Å². The lowest BCUT2D eigenvalue weighted by atomic mass is 9.76. The Bertz CT molecular complexity index is 206. The van der Waals surface area contributed by atoms with Crippen molar-refractivity contribution in [2.24, 2.45) is 10.8 Å². The molecule has 1 aliphatic rings. The second kappa shape index (κ2) is 6.19. The van der Waals surface area contributed by atoms with Crippen LogP contribution in [-0.4, -0.2) is 38.1 Å². The van der Waals surface area contributed by atoms with Crippen molar-refractivity contribution >= 4 is 0 Å². The van der Waals surface area contributed by atoms with Gasteiger partial charge in [-0.3, -0.25) is 0 Å². The highest BCUT2D eigenvalue weighted by Gasteiger charge is 2.32. The van der Waals surface area contributed by atoms with E-state index in [1.807, 2.05) is 0 Å². The van der Waals surface area contributed by atoms with Crippen LogP contribution in [0.25, 0.3) is 0 Å². The molecule has 1 fully saturated rings. The molecule has 0 saturated carbocycles. The van der Waals surface area contributed by atoms with Crippen LogP contribution in [0.5, 0.6) is 0 Å². The summed E-state index contributed by atoms with van der Waals surface area (Å²) in [4.78, 5) is 2.54. The molecule has 1 atom stereocenters. The van der Waals surface area contributed by atoms with Gasteiger partial charge in [-0.05, 0) is 43.7 Å². The molecule has 0 aromatic carbocycles. The van der Waals surface area contributed by atoms with Crippen molar-refractivity contribution in [2.45, 2.75) is 53.4 Å². The predicted molar refractivity (Wildman–Crippen MR) is 76.4 cm³/mol. The summed E-state index contributed by atoms with van der Waals surface area (Å²) in [5.41, 5.74) is 0.942. The van der Waals surface area contributed by atoms with Gasteiger partial charge >= 0.3 is 0 Å². The molecule has 0 aliphatic carbocycles. The van der Waals surface area contributed by atoms with Gasteiger partial charge in [-0.1, -0.05) is 34.1 Å². The van der Waals surface area contributed by atoms with Crippen LogP contribution in [0.4, 0.5) is 0 Å². The number of piperidine rings is 1. The summed E-state index contributed by atoms with van der Waals surface area (Å²) in [5, 5.41) is 3.60. The first kappa shape index (κ1) is 15.0. The van der Waals surface area contributed by atoms with Gasteiger partial charge < -0.3 is 10.2 Å². The third-order valence-electron chi connectivity index (χ3n) is 3.69. The first-order chi connectivity index (χ1) is 7.87. The van der Waals surface area contributed by atoms with Crippen LogP contribution < -0.4 is 5.32 Å². The van der Waals surface area contributed by atoms with E-state index in [0.29, 0.717) is 10.8 Å². The van der Waals surface area contributed by atoms with Crippen LogP contribution in [0.3, 0.4) is 0 Å². The molecule has 0 amide bonds. The zero-order chi connectivity index (χ0) is 12.9. The van der Waals surface area contributed by atoms with E-state index in [0.717, 1.165) is 0 Å². The van der Waals surface area contributed by atoms with E-state index >= 15 is 0 Å². The summed E-state index contributed by atoms with van der Waals surface area (Å²) in [7, 11) is 2.29. The van der Waals surface area contributed by atoms with Gasteiger partial charge in [0.2, 0.25) is 0 Å². The maximum atomic E-state index is 3.60. The van der Waals surface area contributed by atoms with Gasteiger partial charge in [0, 0.05) is 19.6 Å². The maximum absolute atomic E-state index is 3.60. The standard InChI is InChI=1S/C15H32N2/c1-6-8-15(9-7-10-16-11-15)13-17(5)12-14(2,3)4/h16H,6-13H2,1-5H3. The molecule has 1 rings (SSSR count). The summed E-state index contributed by atoms with van der Waals surface area (Å²) in [6.45, 7) is 14.2. The Morgan fingerprint density at radius 1 is 1.29 bits per heavy atom. The average Bonchev–Trinajstić information content (AvgIpc) is 2.15. The quantitative estimate of drug-likeness (QED) is 0.794. The molecule has 0 aromatic heterocycles. The van der Waals surface area contributed by atoms with E-state index in [1.54, 1.807) is 0 Å². The number of rotatable bonds is 5. The lowest BCUT2D eigenvalue weighted by molar-refractivity contribution is 0.101. The van der Waals surface area contributed by atoms with Gasteiger partial charge in [-0.15, -0.1) is 0 Å². The highest BCUT2D eigenvalue weighted by Crippen LogP contribution is 2.33. The molecule has 1 heterocycles. The molecule has 2 heteroatoms. The Morgan fingerprint density at radius 2 is 2.00 bits per heavy atom. The number of nitrogens with zero attached hydrogens (tertiary/aromatic N) is 1. The van der Waals surface area contributed by atoms with Gasteiger partial charge in [-0.25, -0.2) is 0 Å². The summed E-state index contributed by atoms with van der Waals surface area (Å²) in [6.07, 6.45) is 5.44. The first-order valence-electron chi connectivity index (χ1n) is 7.26. The predicted octanol–water partition coefficient (Wildman–Crippen LogP) is 3.13. The van der Waals surface area contributed by atoms with Crippen molar-refractivity contribution in [1.29, 1.82) is 0 Å². The molecule has 0 aromatic rings. The first-order valence-corrected chi connectivity index (χ1v) is 7.26. The SMILES string of the molecule is CCCC1(CN(C)CC(C)(C)C)CCCNC1. The van der Waals surface area contributed by atoms with Crippen LogP contribution >= 0.6 is 0 Å². The second-order valence-electron chi connectivity index (χ2n) is 7.26. The zero-order valence-electron chi connectivity index (χ0n) is 12.6. The van der Waals surface area contributed by atoms with Gasteiger partial charge in [0.15, 0.2) is 0 Å². The van der Waals surface area contributed by atoms with E-state index in [-0.39, 0.29) is 0 Å². The van der Waals surface area contributed by atoms with Crippen molar-refractivity contribution < 1.29 is 0 Å². The number of hydrogen-bond donors (Lipinski definition) is 1. The highest BCUT2D eigenvalue weighted by molar-refractivity contribution is 4.88. The molecular weight excluding hydrogens is 208 g/mol. The zero-order valence-corrected chi connectivity index (χ0v) is 12.6. The molecule has 17 heavy (non-hydrogen) atoms. The molecule has 1 aliphatic heterocycles. The fourth-order valence-electron chi connectivity index (χ4n) is 3.43. The summed E-state index contributed by atoms with van der Waals surface area (Å²) in [5.74, 6) is 0. The lowest BCUT2D eigenvalue weighted by Gasteiger charge is -2.42. The van der Waals surface area contributed by atoms with Crippen LogP contribution in [-0.2, 0) is 0 Å². The monoisotopic (exact) mass is 240 g/mol. The topological polar surface area (TPSA) is 15.3 Å². The minimum atomic E-state index is 0.407. The lowest BCUT2D eigenvalue weighted by Crippen LogP contribution is -2.48. The van der Waals surface area contributed by atoms with Crippen LogP contribution in [0, 0.1) is 10.8 Å². The summed E-state index contributed by atoms with van der Waals surface area (Å²) < 4.78 is 0. The fraction of sp³-hybridized carbons (Fsp3) is 1.00. The third-order valence-corrected chi connectivity index (χ3v) is 3.69. The molecule has 1 N–H and O–H groups in total. The van der Waals surface area contributed by atoms with E-state index in [2.05, 4.69) is 45.0 Å². The summed E-state index contributed by atoms with van der Waals surface area (Å²) in [6, 6.07) is 0. The molecule has 0 bridgehead atoms. The third kappa shape index (κ3) is 5.39. The van der Waals surface area contributed by atoms with Gasteiger partial charge in [0.1, 0.15) is 0 Å². The average molecular weight is 240 g/mol. The van der Waals surface area contributed by atoms with E-state index < -0.39 is 0 Å². The molecule has 2 nitrogen and oxygen atoms in total. The molecule has 0 spiro atoms. The molecule has 1 saturated heterocycles. The van der Waals surface area contributed by atoms with Crippen LogP contribution in [0.1, 0.15) is 53.4 Å². The van der Waals surface area contributed by atoms with Crippen molar-refractivity contribution in [2.75, 3.05) is 33.2 Å². The number of nitrogens with one attached hydrogen (secondary N) is 1.